The molecule has 0 heterocycles. The Bertz CT molecular complexity index is 291. The van der Waals surface area contributed by atoms with Crippen LogP contribution in [0.5, 0.6) is 0 Å². The summed E-state index contributed by atoms with van der Waals surface area (Å²) in [5.74, 6) is 0.769. The molecule has 1 heteroatoms. The van der Waals surface area contributed by atoms with Crippen molar-refractivity contribution in [1.29, 1.82) is 0 Å². The lowest BCUT2D eigenvalue weighted by molar-refractivity contribution is 0.582. The first-order valence-electron chi connectivity index (χ1n) is 6.43. The maximum atomic E-state index is 3.46. The molecule has 0 aliphatic heterocycles. The lowest BCUT2D eigenvalue weighted by atomic mass is 9.98. The van der Waals surface area contributed by atoms with E-state index in [-0.39, 0.29) is 0 Å². The molecule has 16 heavy (non-hydrogen) atoms. The minimum atomic E-state index is 0.769. The molecule has 0 bridgehead atoms. The quantitative estimate of drug-likeness (QED) is 0.690. The van der Waals surface area contributed by atoms with Crippen LogP contribution in [-0.2, 0) is 13.0 Å². The Kier molecular flexibility index (Phi) is 6.17. The molecule has 1 rings (SSSR count). The standard InChI is InChI=1S/C15H24N/c1-4-11-16-12-15-8-6-5-7-14(15)10-9-13(2)3/h5-6,8,13,16H,4,9-12H2,1-3H3. The van der Waals surface area contributed by atoms with E-state index in [0.29, 0.717) is 0 Å². The lowest BCUT2D eigenvalue weighted by Gasteiger charge is -2.11. The van der Waals surface area contributed by atoms with E-state index in [9.17, 15) is 0 Å². The molecule has 0 amide bonds. The molecule has 1 aromatic rings. The Morgan fingerprint density at radius 2 is 2.19 bits per heavy atom. The topological polar surface area (TPSA) is 12.0 Å². The van der Waals surface area contributed by atoms with E-state index in [2.05, 4.69) is 44.3 Å². The molecule has 0 aliphatic carbocycles. The van der Waals surface area contributed by atoms with Crippen LogP contribution in [0.3, 0.4) is 0 Å². The highest BCUT2D eigenvalue weighted by Gasteiger charge is 2.02. The van der Waals surface area contributed by atoms with Crippen LogP contribution in [-0.4, -0.2) is 6.54 Å². The summed E-state index contributed by atoms with van der Waals surface area (Å²) in [7, 11) is 0. The van der Waals surface area contributed by atoms with Crippen LogP contribution >= 0.6 is 0 Å². The minimum Gasteiger partial charge on any atom is -0.313 e. The number of hydrogen-bond donors (Lipinski definition) is 1. The fourth-order valence-electron chi connectivity index (χ4n) is 1.74. The van der Waals surface area contributed by atoms with Gasteiger partial charge in [-0.15, -0.1) is 0 Å². The molecule has 1 N–H and O–H groups in total. The van der Waals surface area contributed by atoms with E-state index in [1.54, 1.807) is 0 Å². The molecule has 0 atom stereocenters. The summed E-state index contributed by atoms with van der Waals surface area (Å²) in [4.78, 5) is 0. The molecule has 0 fully saturated rings. The zero-order chi connectivity index (χ0) is 11.8. The zero-order valence-corrected chi connectivity index (χ0v) is 10.8. The molecule has 0 aliphatic rings. The molecule has 89 valence electrons. The van der Waals surface area contributed by atoms with Gasteiger partial charge < -0.3 is 5.32 Å². The Balaban J connectivity index is 2.53. The van der Waals surface area contributed by atoms with Crippen LogP contribution in [0.2, 0.25) is 0 Å². The molecular formula is C15H24N. The van der Waals surface area contributed by atoms with E-state index < -0.39 is 0 Å². The highest BCUT2D eigenvalue weighted by molar-refractivity contribution is 5.26. The van der Waals surface area contributed by atoms with Crippen molar-refractivity contribution in [2.24, 2.45) is 5.92 Å². The summed E-state index contributed by atoms with van der Waals surface area (Å²) in [6, 6.07) is 9.71. The molecular weight excluding hydrogens is 194 g/mol. The van der Waals surface area contributed by atoms with Gasteiger partial charge in [0, 0.05) is 6.54 Å². The Morgan fingerprint density at radius 3 is 2.88 bits per heavy atom. The van der Waals surface area contributed by atoms with Crippen molar-refractivity contribution >= 4 is 0 Å². The Hall–Kier alpha value is -0.820. The fraction of sp³-hybridized carbons (Fsp3) is 0.600. The van der Waals surface area contributed by atoms with Gasteiger partial charge in [-0.05, 0) is 48.9 Å². The van der Waals surface area contributed by atoms with Gasteiger partial charge >= 0.3 is 0 Å². The fourth-order valence-corrected chi connectivity index (χ4v) is 1.74. The van der Waals surface area contributed by atoms with Crippen LogP contribution in [0.25, 0.3) is 0 Å². The number of rotatable bonds is 7. The average Bonchev–Trinajstić information content (AvgIpc) is 2.28. The Labute approximate surface area is 100 Å². The first-order chi connectivity index (χ1) is 7.74. The maximum absolute atomic E-state index is 3.46. The molecule has 0 unspecified atom stereocenters. The van der Waals surface area contributed by atoms with Gasteiger partial charge in [0.15, 0.2) is 0 Å². The van der Waals surface area contributed by atoms with Crippen LogP contribution in [0.15, 0.2) is 18.2 Å². The van der Waals surface area contributed by atoms with Gasteiger partial charge in [-0.1, -0.05) is 39.0 Å². The van der Waals surface area contributed by atoms with Crippen LogP contribution in [0, 0.1) is 12.0 Å². The van der Waals surface area contributed by atoms with Gasteiger partial charge in [0.25, 0.3) is 0 Å². The average molecular weight is 218 g/mol. The van der Waals surface area contributed by atoms with Gasteiger partial charge in [0.2, 0.25) is 0 Å². The largest absolute Gasteiger partial charge is 0.313 e. The Morgan fingerprint density at radius 1 is 1.38 bits per heavy atom. The van der Waals surface area contributed by atoms with Gasteiger partial charge in [-0.25, -0.2) is 0 Å². The molecule has 1 radical (unpaired) electrons. The number of hydrogen-bond acceptors (Lipinski definition) is 1. The maximum Gasteiger partial charge on any atom is 0.0208 e. The smallest absolute Gasteiger partial charge is 0.0208 e. The molecule has 0 aromatic heterocycles. The molecule has 0 saturated heterocycles. The van der Waals surface area contributed by atoms with Gasteiger partial charge in [0.1, 0.15) is 0 Å². The molecule has 1 nitrogen and oxygen atoms in total. The summed E-state index contributed by atoms with van der Waals surface area (Å²) in [5, 5.41) is 3.46. The van der Waals surface area contributed by atoms with E-state index in [1.807, 2.05) is 6.07 Å². The zero-order valence-electron chi connectivity index (χ0n) is 10.8. The van der Waals surface area contributed by atoms with Crippen LogP contribution in [0.1, 0.15) is 44.7 Å². The second kappa shape index (κ2) is 7.45. The van der Waals surface area contributed by atoms with Crippen LogP contribution in [0.4, 0.5) is 0 Å². The van der Waals surface area contributed by atoms with Crippen LogP contribution < -0.4 is 5.32 Å². The molecule has 1 aromatic carbocycles. The van der Waals surface area contributed by atoms with Crippen molar-refractivity contribution in [3.63, 3.8) is 0 Å². The summed E-state index contributed by atoms with van der Waals surface area (Å²) in [6.07, 6.45) is 3.60. The second-order valence-electron chi connectivity index (χ2n) is 4.78. The monoisotopic (exact) mass is 218 g/mol. The first-order valence-corrected chi connectivity index (χ1v) is 6.43. The highest BCUT2D eigenvalue weighted by atomic mass is 14.8. The molecule has 0 spiro atoms. The van der Waals surface area contributed by atoms with Crippen molar-refractivity contribution in [1.82, 2.24) is 5.32 Å². The summed E-state index contributed by atoms with van der Waals surface area (Å²) >= 11 is 0. The van der Waals surface area contributed by atoms with E-state index in [4.69, 9.17) is 0 Å². The van der Waals surface area contributed by atoms with Crippen molar-refractivity contribution in [3.05, 3.63) is 35.4 Å². The minimum absolute atomic E-state index is 0.769. The second-order valence-corrected chi connectivity index (χ2v) is 4.78. The summed E-state index contributed by atoms with van der Waals surface area (Å²) < 4.78 is 0. The van der Waals surface area contributed by atoms with Gasteiger partial charge in [0.05, 0.1) is 0 Å². The third kappa shape index (κ3) is 4.80. The lowest BCUT2D eigenvalue weighted by Crippen LogP contribution is -2.15. The highest BCUT2D eigenvalue weighted by Crippen LogP contribution is 2.13. The third-order valence-electron chi connectivity index (χ3n) is 2.75. The summed E-state index contributed by atoms with van der Waals surface area (Å²) in [5.41, 5.74) is 2.80. The van der Waals surface area contributed by atoms with Crippen molar-refractivity contribution < 1.29 is 0 Å². The number of nitrogens with one attached hydrogen (secondary N) is 1. The van der Waals surface area contributed by atoms with E-state index >= 15 is 0 Å². The SMILES string of the molecule is CCCNCc1ccc[c]c1CCC(C)C. The first kappa shape index (κ1) is 13.2. The number of aryl methyl sites for hydroxylation is 1. The predicted molar refractivity (Wildman–Crippen MR) is 70.4 cm³/mol. The predicted octanol–water partition coefficient (Wildman–Crippen LogP) is 3.57. The van der Waals surface area contributed by atoms with Crippen molar-refractivity contribution in [2.45, 2.75) is 46.6 Å². The molecule has 0 saturated carbocycles. The van der Waals surface area contributed by atoms with Crippen molar-refractivity contribution in [3.8, 4) is 0 Å². The van der Waals surface area contributed by atoms with E-state index in [0.717, 1.165) is 25.4 Å². The van der Waals surface area contributed by atoms with Gasteiger partial charge in [-0.2, -0.15) is 0 Å². The van der Waals surface area contributed by atoms with E-state index in [1.165, 1.54) is 24.0 Å². The summed E-state index contributed by atoms with van der Waals surface area (Å²) in [6.45, 7) is 8.83. The number of benzene rings is 1. The van der Waals surface area contributed by atoms with Crippen molar-refractivity contribution in [2.75, 3.05) is 6.54 Å². The van der Waals surface area contributed by atoms with Gasteiger partial charge in [-0.3, -0.25) is 0 Å². The normalized spacial score (nSPS) is 11.0. The third-order valence-corrected chi connectivity index (χ3v) is 2.75.